The van der Waals surface area contributed by atoms with E-state index in [1.807, 2.05) is 24.3 Å². The van der Waals surface area contributed by atoms with E-state index in [0.717, 1.165) is 35.4 Å². The van der Waals surface area contributed by atoms with Crippen molar-refractivity contribution in [2.45, 2.75) is 46.6 Å². The van der Waals surface area contributed by atoms with Crippen molar-refractivity contribution in [3.63, 3.8) is 0 Å². The van der Waals surface area contributed by atoms with Gasteiger partial charge in [-0.2, -0.15) is 5.26 Å². The molecule has 0 aliphatic heterocycles. The Morgan fingerprint density at radius 1 is 1.19 bits per heavy atom. The van der Waals surface area contributed by atoms with Crippen LogP contribution in [0, 0.1) is 28.5 Å². The smallest absolute Gasteiger partial charge is 0.134 e. The van der Waals surface area contributed by atoms with Crippen LogP contribution in [-0.4, -0.2) is 6.21 Å². The van der Waals surface area contributed by atoms with Gasteiger partial charge < -0.3 is 4.74 Å². The van der Waals surface area contributed by atoms with Gasteiger partial charge in [0, 0.05) is 16.7 Å². The van der Waals surface area contributed by atoms with Crippen LogP contribution in [-0.2, 0) is 19.4 Å². The highest BCUT2D eigenvalue weighted by Gasteiger charge is 2.32. The van der Waals surface area contributed by atoms with Gasteiger partial charge in [-0.15, -0.1) is 11.3 Å². The molecule has 0 fully saturated rings. The standard InChI is InChI=1S/C27H27FN2OS/c1-27(2,3)20-10-13-22-23(15-29)26(32-25(22)14-20)30-16-18-8-11-21(12-9-18)31-17-19-6-4-5-7-24(19)28/h4-9,11-12,16,20H,10,13-14,17H2,1-3H3/t20-/m1/s1. The van der Waals surface area contributed by atoms with E-state index in [2.05, 4.69) is 31.8 Å². The Labute approximate surface area is 193 Å². The van der Waals surface area contributed by atoms with Crippen LogP contribution in [0.4, 0.5) is 9.39 Å². The van der Waals surface area contributed by atoms with Crippen LogP contribution in [0.5, 0.6) is 5.75 Å². The summed E-state index contributed by atoms with van der Waals surface area (Å²) in [6.07, 6.45) is 4.90. The molecule has 0 bridgehead atoms. The molecular formula is C27H27FN2OS. The Balaban J connectivity index is 1.45. The van der Waals surface area contributed by atoms with Gasteiger partial charge in [0.1, 0.15) is 29.2 Å². The highest BCUT2D eigenvalue weighted by Crippen LogP contribution is 2.44. The summed E-state index contributed by atoms with van der Waals surface area (Å²) in [5.74, 6) is 1.04. The van der Waals surface area contributed by atoms with Gasteiger partial charge in [-0.1, -0.05) is 39.0 Å². The van der Waals surface area contributed by atoms with Crippen molar-refractivity contribution in [2.75, 3.05) is 0 Å². The molecule has 1 atom stereocenters. The molecule has 0 amide bonds. The van der Waals surface area contributed by atoms with Crippen LogP contribution < -0.4 is 4.74 Å². The number of nitrogens with zero attached hydrogens (tertiary/aromatic N) is 2. The Morgan fingerprint density at radius 2 is 1.94 bits per heavy atom. The first kappa shape index (κ1) is 22.2. The topological polar surface area (TPSA) is 45.4 Å². The van der Waals surface area contributed by atoms with E-state index in [0.29, 0.717) is 17.2 Å². The van der Waals surface area contributed by atoms with Crippen molar-refractivity contribution in [2.24, 2.45) is 16.3 Å². The molecule has 1 aromatic heterocycles. The second-order valence-corrected chi connectivity index (χ2v) is 10.4. The summed E-state index contributed by atoms with van der Waals surface area (Å²) in [7, 11) is 0. The fourth-order valence-corrected chi connectivity index (χ4v) is 5.30. The monoisotopic (exact) mass is 446 g/mol. The van der Waals surface area contributed by atoms with Crippen LogP contribution in [0.25, 0.3) is 0 Å². The number of rotatable bonds is 5. The highest BCUT2D eigenvalue weighted by molar-refractivity contribution is 7.16. The first-order valence-electron chi connectivity index (χ1n) is 10.9. The molecule has 164 valence electrons. The largest absolute Gasteiger partial charge is 0.489 e. The van der Waals surface area contributed by atoms with Crippen LogP contribution in [0.3, 0.4) is 0 Å². The minimum absolute atomic E-state index is 0.182. The fourth-order valence-electron chi connectivity index (χ4n) is 4.08. The molecule has 3 nitrogen and oxygen atoms in total. The van der Waals surface area contributed by atoms with Crippen LogP contribution in [0.2, 0.25) is 0 Å². The summed E-state index contributed by atoms with van der Waals surface area (Å²) in [5.41, 5.74) is 3.65. The van der Waals surface area contributed by atoms with Gasteiger partial charge in [-0.3, -0.25) is 0 Å². The fraction of sp³-hybridized carbons (Fsp3) is 0.333. The third-order valence-electron chi connectivity index (χ3n) is 6.15. The maximum atomic E-state index is 13.7. The summed E-state index contributed by atoms with van der Waals surface area (Å²) in [5, 5.41) is 10.5. The zero-order valence-electron chi connectivity index (χ0n) is 18.7. The Hall–Kier alpha value is -2.97. The van der Waals surface area contributed by atoms with Gasteiger partial charge in [0.15, 0.2) is 0 Å². The molecule has 32 heavy (non-hydrogen) atoms. The zero-order chi connectivity index (χ0) is 22.7. The Kier molecular flexibility index (Phi) is 6.43. The second kappa shape index (κ2) is 9.26. The first-order chi connectivity index (χ1) is 15.3. The van der Waals surface area contributed by atoms with Crippen molar-refractivity contribution in [3.05, 3.63) is 81.5 Å². The lowest BCUT2D eigenvalue weighted by Gasteiger charge is -2.33. The van der Waals surface area contributed by atoms with E-state index in [9.17, 15) is 9.65 Å². The Bertz CT molecular complexity index is 1170. The number of halogens is 1. The van der Waals surface area contributed by atoms with Crippen molar-refractivity contribution in [3.8, 4) is 11.8 Å². The van der Waals surface area contributed by atoms with Crippen molar-refractivity contribution in [1.82, 2.24) is 0 Å². The average molecular weight is 447 g/mol. The quantitative estimate of drug-likeness (QED) is 0.388. The minimum Gasteiger partial charge on any atom is -0.489 e. The van der Waals surface area contributed by atoms with Gasteiger partial charge in [-0.25, -0.2) is 9.38 Å². The lowest BCUT2D eigenvalue weighted by molar-refractivity contribution is 0.218. The molecule has 4 rings (SSSR count). The van der Waals surface area contributed by atoms with Crippen LogP contribution in [0.1, 0.15) is 54.3 Å². The normalized spacial score (nSPS) is 16.0. The van der Waals surface area contributed by atoms with E-state index in [-0.39, 0.29) is 17.8 Å². The van der Waals surface area contributed by atoms with E-state index in [1.165, 1.54) is 16.5 Å². The second-order valence-electron chi connectivity index (χ2n) is 9.31. The van der Waals surface area contributed by atoms with Crippen LogP contribution in [0.15, 0.2) is 53.5 Å². The van der Waals surface area contributed by atoms with E-state index in [4.69, 9.17) is 4.74 Å². The highest BCUT2D eigenvalue weighted by atomic mass is 32.1. The van der Waals surface area contributed by atoms with Crippen molar-refractivity contribution in [1.29, 1.82) is 5.26 Å². The van der Waals surface area contributed by atoms with Gasteiger partial charge in [0.05, 0.1) is 5.56 Å². The zero-order valence-corrected chi connectivity index (χ0v) is 19.5. The molecule has 1 heterocycles. The van der Waals surface area contributed by atoms with E-state index in [1.54, 1.807) is 35.8 Å². The van der Waals surface area contributed by atoms with Crippen molar-refractivity contribution < 1.29 is 9.13 Å². The van der Waals surface area contributed by atoms with Gasteiger partial charge >= 0.3 is 0 Å². The summed E-state index contributed by atoms with van der Waals surface area (Å²) >= 11 is 1.66. The first-order valence-corrected chi connectivity index (χ1v) is 11.7. The third-order valence-corrected chi connectivity index (χ3v) is 7.31. The number of hydrogen-bond acceptors (Lipinski definition) is 4. The predicted octanol–water partition coefficient (Wildman–Crippen LogP) is 7.24. The minimum atomic E-state index is -0.267. The van der Waals surface area contributed by atoms with Gasteiger partial charge in [0.25, 0.3) is 0 Å². The molecule has 0 N–H and O–H groups in total. The molecule has 2 aromatic carbocycles. The van der Waals surface area contributed by atoms with Crippen molar-refractivity contribution >= 4 is 22.6 Å². The summed E-state index contributed by atoms with van der Waals surface area (Å²) in [6.45, 7) is 7.07. The molecular weight excluding hydrogens is 419 g/mol. The maximum Gasteiger partial charge on any atom is 0.134 e. The van der Waals surface area contributed by atoms with E-state index < -0.39 is 0 Å². The van der Waals surface area contributed by atoms with Crippen LogP contribution >= 0.6 is 11.3 Å². The molecule has 0 saturated heterocycles. The number of benzene rings is 2. The number of aliphatic imine (C=N–C) groups is 1. The average Bonchev–Trinajstić information content (AvgIpc) is 3.14. The molecule has 0 spiro atoms. The SMILES string of the molecule is CC(C)(C)[C@@H]1CCc2c(sc(N=Cc3ccc(OCc4ccccc4F)cc3)c2C#N)C1. The molecule has 5 heteroatoms. The maximum absolute atomic E-state index is 13.7. The van der Waals surface area contributed by atoms with E-state index >= 15 is 0 Å². The molecule has 3 aromatic rings. The molecule has 0 saturated carbocycles. The summed E-state index contributed by atoms with van der Waals surface area (Å²) in [4.78, 5) is 5.97. The lowest BCUT2D eigenvalue weighted by atomic mass is 9.72. The number of thiophene rings is 1. The molecule has 1 aliphatic rings. The lowest BCUT2D eigenvalue weighted by Crippen LogP contribution is -2.26. The molecule has 1 aliphatic carbocycles. The number of fused-ring (bicyclic) bond motifs is 1. The number of ether oxygens (including phenoxy) is 1. The summed E-state index contributed by atoms with van der Waals surface area (Å²) < 4.78 is 19.4. The molecule has 0 unspecified atom stereocenters. The number of nitriles is 1. The predicted molar refractivity (Wildman–Crippen MR) is 128 cm³/mol. The van der Waals surface area contributed by atoms with Gasteiger partial charge in [-0.05, 0) is 72.1 Å². The third kappa shape index (κ3) is 4.92. The summed E-state index contributed by atoms with van der Waals surface area (Å²) in [6, 6.07) is 16.5. The molecule has 0 radical (unpaired) electrons. The van der Waals surface area contributed by atoms with Gasteiger partial charge in [0.2, 0.25) is 0 Å². The number of hydrogen-bond donors (Lipinski definition) is 0. The Morgan fingerprint density at radius 3 is 2.62 bits per heavy atom.